The normalized spacial score (nSPS) is 12.9. The molecule has 0 unspecified atom stereocenters. The molecule has 0 atom stereocenters. The minimum absolute atomic E-state index is 0.140. The van der Waals surface area contributed by atoms with Crippen LogP contribution in [0.15, 0.2) is 48.5 Å². The van der Waals surface area contributed by atoms with Crippen molar-refractivity contribution in [2.75, 3.05) is 6.61 Å². The van der Waals surface area contributed by atoms with Crippen molar-refractivity contribution in [3.05, 3.63) is 59.7 Å². The molecule has 0 spiro atoms. The number of fused-ring (bicyclic) bond motifs is 3. The maximum absolute atomic E-state index is 12.3. The number of benzene rings is 2. The number of rotatable bonds is 3. The van der Waals surface area contributed by atoms with Gasteiger partial charge in [0.15, 0.2) is 0 Å². The third kappa shape index (κ3) is 1.93. The summed E-state index contributed by atoms with van der Waals surface area (Å²) in [6.07, 6.45) is 0.849. The second kappa shape index (κ2) is 4.88. The van der Waals surface area contributed by atoms with E-state index in [0.29, 0.717) is 6.61 Å². The molecule has 2 heteroatoms. The van der Waals surface area contributed by atoms with Crippen molar-refractivity contribution in [1.29, 1.82) is 0 Å². The first kappa shape index (κ1) is 12.0. The Bertz CT molecular complexity index is 571. The van der Waals surface area contributed by atoms with Crippen molar-refractivity contribution in [1.82, 2.24) is 0 Å². The average molecular weight is 252 g/mol. The number of hydrogen-bond acceptors (Lipinski definition) is 2. The highest BCUT2D eigenvalue weighted by Gasteiger charge is 2.34. The maximum Gasteiger partial charge on any atom is 0.317 e. The van der Waals surface area contributed by atoms with Crippen molar-refractivity contribution >= 4 is 5.97 Å². The summed E-state index contributed by atoms with van der Waals surface area (Å²) in [7, 11) is 0. The number of esters is 1. The molecule has 2 nitrogen and oxygen atoms in total. The molecule has 96 valence electrons. The van der Waals surface area contributed by atoms with Gasteiger partial charge in [-0.1, -0.05) is 55.5 Å². The van der Waals surface area contributed by atoms with E-state index in [2.05, 4.69) is 12.1 Å². The fourth-order valence-corrected chi connectivity index (χ4v) is 2.70. The topological polar surface area (TPSA) is 26.3 Å². The first-order chi connectivity index (χ1) is 9.33. The summed E-state index contributed by atoms with van der Waals surface area (Å²) in [5.41, 5.74) is 4.42. The predicted octanol–water partition coefficient (Wildman–Crippen LogP) is 3.75. The third-order valence-corrected chi connectivity index (χ3v) is 3.52. The lowest BCUT2D eigenvalue weighted by Crippen LogP contribution is -2.15. The molecule has 2 aromatic carbocycles. The molecule has 0 amide bonds. The smallest absolute Gasteiger partial charge is 0.317 e. The fourth-order valence-electron chi connectivity index (χ4n) is 2.70. The van der Waals surface area contributed by atoms with Crippen LogP contribution in [-0.2, 0) is 9.53 Å². The SMILES string of the molecule is CCCOC(=O)C1c2ccccc2-c2ccccc21. The molecular formula is C17H16O2. The highest BCUT2D eigenvalue weighted by atomic mass is 16.5. The Morgan fingerprint density at radius 2 is 1.53 bits per heavy atom. The molecule has 2 aromatic rings. The largest absolute Gasteiger partial charge is 0.465 e. The van der Waals surface area contributed by atoms with Crippen LogP contribution in [0, 0.1) is 0 Å². The van der Waals surface area contributed by atoms with E-state index < -0.39 is 0 Å². The Morgan fingerprint density at radius 1 is 1.00 bits per heavy atom. The maximum atomic E-state index is 12.3. The molecule has 0 aliphatic heterocycles. The Kier molecular flexibility index (Phi) is 3.08. The zero-order chi connectivity index (χ0) is 13.2. The molecule has 0 saturated carbocycles. The zero-order valence-corrected chi connectivity index (χ0v) is 10.9. The molecule has 0 aromatic heterocycles. The summed E-state index contributed by atoms with van der Waals surface area (Å²) in [5.74, 6) is -0.404. The van der Waals surface area contributed by atoms with E-state index in [1.54, 1.807) is 0 Å². The Labute approximate surface area is 113 Å². The van der Waals surface area contributed by atoms with Crippen LogP contribution in [0.25, 0.3) is 11.1 Å². The van der Waals surface area contributed by atoms with Gasteiger partial charge in [-0.2, -0.15) is 0 Å². The first-order valence-electron chi connectivity index (χ1n) is 6.67. The van der Waals surface area contributed by atoms with Crippen molar-refractivity contribution in [2.45, 2.75) is 19.3 Å². The second-order valence-electron chi connectivity index (χ2n) is 4.78. The van der Waals surface area contributed by atoms with E-state index >= 15 is 0 Å². The van der Waals surface area contributed by atoms with Gasteiger partial charge in [-0.3, -0.25) is 4.79 Å². The lowest BCUT2D eigenvalue weighted by molar-refractivity contribution is -0.144. The second-order valence-corrected chi connectivity index (χ2v) is 4.78. The molecule has 0 saturated heterocycles. The van der Waals surface area contributed by atoms with Gasteiger partial charge in [0.05, 0.1) is 6.61 Å². The molecule has 3 rings (SSSR count). The highest BCUT2D eigenvalue weighted by molar-refractivity contribution is 5.93. The van der Waals surface area contributed by atoms with E-state index in [1.165, 1.54) is 0 Å². The van der Waals surface area contributed by atoms with E-state index in [-0.39, 0.29) is 11.9 Å². The monoisotopic (exact) mass is 252 g/mol. The van der Waals surface area contributed by atoms with Gasteiger partial charge in [-0.25, -0.2) is 0 Å². The van der Waals surface area contributed by atoms with Crippen LogP contribution >= 0.6 is 0 Å². The summed E-state index contributed by atoms with van der Waals surface area (Å²) >= 11 is 0. The summed E-state index contributed by atoms with van der Waals surface area (Å²) in [5, 5.41) is 0. The molecule has 19 heavy (non-hydrogen) atoms. The van der Waals surface area contributed by atoms with E-state index in [0.717, 1.165) is 28.7 Å². The summed E-state index contributed by atoms with van der Waals surface area (Å²) in [6, 6.07) is 16.2. The minimum Gasteiger partial charge on any atom is -0.465 e. The minimum atomic E-state index is -0.265. The molecule has 0 radical (unpaired) electrons. The van der Waals surface area contributed by atoms with Gasteiger partial charge in [0, 0.05) is 0 Å². The van der Waals surface area contributed by atoms with Crippen LogP contribution < -0.4 is 0 Å². The van der Waals surface area contributed by atoms with Crippen LogP contribution in [0.4, 0.5) is 0 Å². The molecule has 0 heterocycles. The lowest BCUT2D eigenvalue weighted by atomic mass is 9.97. The number of carbonyl (C=O) groups is 1. The van der Waals surface area contributed by atoms with Crippen LogP contribution in [0.1, 0.15) is 30.4 Å². The van der Waals surface area contributed by atoms with Crippen LogP contribution in [0.3, 0.4) is 0 Å². The number of ether oxygens (including phenoxy) is 1. The third-order valence-electron chi connectivity index (χ3n) is 3.52. The summed E-state index contributed by atoms with van der Waals surface area (Å²) in [6.45, 7) is 2.49. The van der Waals surface area contributed by atoms with Crippen molar-refractivity contribution in [3.63, 3.8) is 0 Å². The van der Waals surface area contributed by atoms with Crippen molar-refractivity contribution < 1.29 is 9.53 Å². The van der Waals surface area contributed by atoms with Gasteiger partial charge in [-0.15, -0.1) is 0 Å². The molecule has 1 aliphatic rings. The van der Waals surface area contributed by atoms with Crippen LogP contribution in [-0.4, -0.2) is 12.6 Å². The molecular weight excluding hydrogens is 236 g/mol. The molecule has 0 fully saturated rings. The number of hydrogen-bond donors (Lipinski definition) is 0. The summed E-state index contributed by atoms with van der Waals surface area (Å²) in [4.78, 5) is 12.3. The quantitative estimate of drug-likeness (QED) is 0.778. The molecule has 1 aliphatic carbocycles. The lowest BCUT2D eigenvalue weighted by Gasteiger charge is -2.12. The van der Waals surface area contributed by atoms with E-state index in [4.69, 9.17) is 4.74 Å². The van der Waals surface area contributed by atoms with Crippen LogP contribution in [0.5, 0.6) is 0 Å². The average Bonchev–Trinajstić information content (AvgIpc) is 2.79. The van der Waals surface area contributed by atoms with Crippen LogP contribution in [0.2, 0.25) is 0 Å². The van der Waals surface area contributed by atoms with Gasteiger partial charge in [0.25, 0.3) is 0 Å². The fraction of sp³-hybridized carbons (Fsp3) is 0.235. The molecule has 0 bridgehead atoms. The molecule has 0 N–H and O–H groups in total. The predicted molar refractivity (Wildman–Crippen MR) is 75.0 cm³/mol. The van der Waals surface area contributed by atoms with E-state index in [9.17, 15) is 4.79 Å². The van der Waals surface area contributed by atoms with Gasteiger partial charge in [-0.05, 0) is 28.7 Å². The van der Waals surface area contributed by atoms with Gasteiger partial charge in [0.1, 0.15) is 5.92 Å². The van der Waals surface area contributed by atoms with Gasteiger partial charge in [0.2, 0.25) is 0 Å². The van der Waals surface area contributed by atoms with E-state index in [1.807, 2.05) is 43.3 Å². The Morgan fingerprint density at radius 3 is 2.05 bits per heavy atom. The Balaban J connectivity index is 2.07. The van der Waals surface area contributed by atoms with Gasteiger partial charge >= 0.3 is 5.97 Å². The van der Waals surface area contributed by atoms with Crippen molar-refractivity contribution in [3.8, 4) is 11.1 Å². The first-order valence-corrected chi connectivity index (χ1v) is 6.67. The zero-order valence-electron chi connectivity index (χ0n) is 10.9. The Hall–Kier alpha value is -2.09. The summed E-state index contributed by atoms with van der Waals surface area (Å²) < 4.78 is 5.35. The van der Waals surface area contributed by atoms with Gasteiger partial charge < -0.3 is 4.74 Å². The highest BCUT2D eigenvalue weighted by Crippen LogP contribution is 2.44. The number of carbonyl (C=O) groups excluding carboxylic acids is 1. The van der Waals surface area contributed by atoms with Crippen molar-refractivity contribution in [2.24, 2.45) is 0 Å². The standard InChI is InChI=1S/C17H16O2/c1-2-11-19-17(18)16-14-9-5-3-7-12(14)13-8-4-6-10-15(13)16/h3-10,16H,2,11H2,1H3.